The molecule has 6 heteroatoms. The van der Waals surface area contributed by atoms with Gasteiger partial charge in [0.2, 0.25) is 0 Å². The minimum atomic E-state index is -0.173. The number of nitrogens with one attached hydrogen (secondary N) is 1. The molecular weight excluding hydrogens is 270 g/mol. The molecule has 1 N–H and O–H groups in total. The highest BCUT2D eigenvalue weighted by molar-refractivity contribution is 7.08. The topological polar surface area (TPSA) is 54.9 Å². The summed E-state index contributed by atoms with van der Waals surface area (Å²) < 4.78 is 3.80. The zero-order valence-corrected chi connectivity index (χ0v) is 11.4. The Kier molecular flexibility index (Phi) is 4.28. The number of carbonyl (C=O) groups excluding carboxylic acids is 1. The SMILES string of the molecule is CCc1nnsc1C(=O)Nc1cccc(CCl)c1. The van der Waals surface area contributed by atoms with E-state index in [9.17, 15) is 4.79 Å². The lowest BCUT2D eigenvalue weighted by molar-refractivity contribution is 0.102. The van der Waals surface area contributed by atoms with Gasteiger partial charge in [0.05, 0.1) is 5.69 Å². The highest BCUT2D eigenvalue weighted by Crippen LogP contribution is 2.16. The first-order valence-electron chi connectivity index (χ1n) is 5.52. The average molecular weight is 282 g/mol. The lowest BCUT2D eigenvalue weighted by Crippen LogP contribution is -2.12. The third-order valence-corrected chi connectivity index (χ3v) is 3.51. The van der Waals surface area contributed by atoms with Crippen LogP contribution < -0.4 is 5.32 Å². The standard InChI is InChI=1S/C12H12ClN3OS/c1-2-10-11(18-16-15-10)12(17)14-9-5-3-4-8(6-9)7-13/h3-6H,2,7H2,1H3,(H,14,17). The fourth-order valence-corrected chi connectivity index (χ4v) is 2.34. The van der Waals surface area contributed by atoms with E-state index in [2.05, 4.69) is 14.9 Å². The molecule has 0 fully saturated rings. The van der Waals surface area contributed by atoms with Crippen molar-refractivity contribution in [1.82, 2.24) is 9.59 Å². The molecule has 94 valence electrons. The Morgan fingerprint density at radius 2 is 2.33 bits per heavy atom. The molecular formula is C12H12ClN3OS. The summed E-state index contributed by atoms with van der Waals surface area (Å²) in [5, 5.41) is 6.74. The number of aryl methyl sites for hydroxylation is 1. The first-order chi connectivity index (χ1) is 8.74. The number of halogens is 1. The molecule has 0 saturated carbocycles. The molecule has 0 unspecified atom stereocenters. The van der Waals surface area contributed by atoms with Crippen molar-refractivity contribution in [2.24, 2.45) is 0 Å². The summed E-state index contributed by atoms with van der Waals surface area (Å²) in [6.45, 7) is 1.95. The fourth-order valence-electron chi connectivity index (χ4n) is 1.53. The molecule has 0 bridgehead atoms. The van der Waals surface area contributed by atoms with Crippen LogP contribution in [0.4, 0.5) is 5.69 Å². The summed E-state index contributed by atoms with van der Waals surface area (Å²) in [5.74, 6) is 0.250. The Bertz CT molecular complexity index is 556. The van der Waals surface area contributed by atoms with Gasteiger partial charge in [0, 0.05) is 11.6 Å². The number of benzene rings is 1. The van der Waals surface area contributed by atoms with Gasteiger partial charge in [-0.05, 0) is 35.6 Å². The van der Waals surface area contributed by atoms with E-state index in [1.807, 2.05) is 31.2 Å². The highest BCUT2D eigenvalue weighted by Gasteiger charge is 2.14. The van der Waals surface area contributed by atoms with E-state index in [-0.39, 0.29) is 5.91 Å². The molecule has 1 aromatic carbocycles. The van der Waals surface area contributed by atoms with Crippen LogP contribution in [-0.4, -0.2) is 15.5 Å². The third-order valence-electron chi connectivity index (χ3n) is 2.44. The molecule has 0 radical (unpaired) electrons. The van der Waals surface area contributed by atoms with Crippen LogP contribution in [-0.2, 0) is 12.3 Å². The van der Waals surface area contributed by atoms with E-state index in [1.54, 1.807) is 0 Å². The van der Waals surface area contributed by atoms with E-state index >= 15 is 0 Å². The van der Waals surface area contributed by atoms with E-state index in [1.165, 1.54) is 0 Å². The maximum Gasteiger partial charge on any atom is 0.269 e. The Labute approximate surface area is 114 Å². The highest BCUT2D eigenvalue weighted by atomic mass is 35.5. The van der Waals surface area contributed by atoms with Crippen LogP contribution in [0.2, 0.25) is 0 Å². The Balaban J connectivity index is 2.16. The number of hydrogen-bond acceptors (Lipinski definition) is 4. The number of amides is 1. The van der Waals surface area contributed by atoms with E-state index in [0.29, 0.717) is 17.2 Å². The first-order valence-corrected chi connectivity index (χ1v) is 6.83. The molecule has 0 atom stereocenters. The molecule has 4 nitrogen and oxygen atoms in total. The summed E-state index contributed by atoms with van der Waals surface area (Å²) in [6, 6.07) is 7.45. The minimum Gasteiger partial charge on any atom is -0.321 e. The summed E-state index contributed by atoms with van der Waals surface area (Å²) in [4.78, 5) is 12.6. The van der Waals surface area contributed by atoms with Crippen LogP contribution in [0.1, 0.15) is 27.9 Å². The maximum atomic E-state index is 12.0. The number of carbonyl (C=O) groups is 1. The molecule has 1 aromatic heterocycles. The number of anilines is 1. The van der Waals surface area contributed by atoms with Gasteiger partial charge in [-0.2, -0.15) is 0 Å². The number of alkyl halides is 1. The van der Waals surface area contributed by atoms with E-state index in [0.717, 1.165) is 28.5 Å². The molecule has 1 amide bonds. The number of hydrogen-bond donors (Lipinski definition) is 1. The Morgan fingerprint density at radius 3 is 3.06 bits per heavy atom. The van der Waals surface area contributed by atoms with Crippen LogP contribution in [0.15, 0.2) is 24.3 Å². The summed E-state index contributed by atoms with van der Waals surface area (Å²) >= 11 is 6.86. The minimum absolute atomic E-state index is 0.173. The molecule has 0 aliphatic carbocycles. The van der Waals surface area contributed by atoms with Gasteiger partial charge in [0.1, 0.15) is 4.88 Å². The molecule has 1 heterocycles. The van der Waals surface area contributed by atoms with Crippen molar-refractivity contribution in [3.05, 3.63) is 40.4 Å². The third kappa shape index (κ3) is 2.86. The second-order valence-electron chi connectivity index (χ2n) is 3.69. The fraction of sp³-hybridized carbons (Fsp3) is 0.250. The molecule has 18 heavy (non-hydrogen) atoms. The van der Waals surface area contributed by atoms with Gasteiger partial charge < -0.3 is 5.32 Å². The number of aromatic nitrogens is 2. The monoisotopic (exact) mass is 281 g/mol. The van der Waals surface area contributed by atoms with Crippen LogP contribution >= 0.6 is 23.1 Å². The largest absolute Gasteiger partial charge is 0.321 e. The van der Waals surface area contributed by atoms with Gasteiger partial charge >= 0.3 is 0 Å². The van der Waals surface area contributed by atoms with E-state index < -0.39 is 0 Å². The van der Waals surface area contributed by atoms with Crippen molar-refractivity contribution in [1.29, 1.82) is 0 Å². The van der Waals surface area contributed by atoms with Gasteiger partial charge in [-0.1, -0.05) is 23.5 Å². The van der Waals surface area contributed by atoms with Gasteiger partial charge in [0.25, 0.3) is 5.91 Å². The number of nitrogens with zero attached hydrogens (tertiary/aromatic N) is 2. The molecule has 2 rings (SSSR count). The molecule has 0 aliphatic heterocycles. The molecule has 2 aromatic rings. The van der Waals surface area contributed by atoms with Gasteiger partial charge in [-0.15, -0.1) is 16.7 Å². The molecule has 0 spiro atoms. The van der Waals surface area contributed by atoms with Gasteiger partial charge in [-0.25, -0.2) is 0 Å². The van der Waals surface area contributed by atoms with Crippen LogP contribution in [0.25, 0.3) is 0 Å². The molecule has 0 aliphatic rings. The van der Waals surface area contributed by atoms with Crippen molar-refractivity contribution in [3.63, 3.8) is 0 Å². The zero-order valence-electron chi connectivity index (χ0n) is 9.81. The van der Waals surface area contributed by atoms with Crippen LogP contribution in [0.5, 0.6) is 0 Å². The Hall–Kier alpha value is -1.46. The zero-order chi connectivity index (χ0) is 13.0. The Morgan fingerprint density at radius 1 is 1.50 bits per heavy atom. The van der Waals surface area contributed by atoms with Crippen molar-refractivity contribution < 1.29 is 4.79 Å². The quantitative estimate of drug-likeness (QED) is 0.876. The summed E-state index contributed by atoms with van der Waals surface area (Å²) in [7, 11) is 0. The van der Waals surface area contributed by atoms with Crippen LogP contribution in [0.3, 0.4) is 0 Å². The van der Waals surface area contributed by atoms with Crippen LogP contribution in [0, 0.1) is 0 Å². The van der Waals surface area contributed by atoms with E-state index in [4.69, 9.17) is 11.6 Å². The van der Waals surface area contributed by atoms with Crippen molar-refractivity contribution in [2.45, 2.75) is 19.2 Å². The summed E-state index contributed by atoms with van der Waals surface area (Å²) in [5.41, 5.74) is 2.42. The summed E-state index contributed by atoms with van der Waals surface area (Å²) in [6.07, 6.45) is 0.695. The van der Waals surface area contributed by atoms with Gasteiger partial charge in [-0.3, -0.25) is 4.79 Å². The van der Waals surface area contributed by atoms with Crippen molar-refractivity contribution in [2.75, 3.05) is 5.32 Å². The normalized spacial score (nSPS) is 10.3. The second-order valence-corrected chi connectivity index (χ2v) is 4.71. The predicted molar refractivity (Wildman–Crippen MR) is 73.2 cm³/mol. The average Bonchev–Trinajstić information content (AvgIpc) is 2.87. The van der Waals surface area contributed by atoms with Crippen molar-refractivity contribution >= 4 is 34.7 Å². The smallest absolute Gasteiger partial charge is 0.269 e. The molecule has 0 saturated heterocycles. The lowest BCUT2D eigenvalue weighted by atomic mass is 10.2. The lowest BCUT2D eigenvalue weighted by Gasteiger charge is -2.05. The maximum absolute atomic E-state index is 12.0. The van der Waals surface area contributed by atoms with Crippen molar-refractivity contribution in [3.8, 4) is 0 Å². The second kappa shape index (κ2) is 5.93. The first kappa shape index (κ1) is 13.0. The van der Waals surface area contributed by atoms with Gasteiger partial charge in [0.15, 0.2) is 0 Å². The number of rotatable bonds is 4. The predicted octanol–water partition coefficient (Wildman–Crippen LogP) is 3.09.